The molecule has 2 aromatic carbocycles. The Bertz CT molecular complexity index is 1020. The quantitative estimate of drug-likeness (QED) is 0.703. The number of carbonyl (C=O) groups is 1. The second kappa shape index (κ2) is 7.97. The average molecular weight is 402 g/mol. The number of pyridine rings is 1. The first-order valence-corrected chi connectivity index (χ1v) is 10.3. The lowest BCUT2D eigenvalue weighted by Crippen LogP contribution is -2.48. The van der Waals surface area contributed by atoms with Crippen molar-refractivity contribution in [2.24, 2.45) is 5.92 Å². The number of nitrogens with one attached hydrogen (secondary N) is 2. The van der Waals surface area contributed by atoms with Gasteiger partial charge in [-0.05, 0) is 35.2 Å². The summed E-state index contributed by atoms with van der Waals surface area (Å²) in [5, 5.41) is 0. The molecular weight excluding hydrogens is 379 g/mol. The summed E-state index contributed by atoms with van der Waals surface area (Å²) in [6.45, 7) is 1.29. The lowest BCUT2D eigenvalue weighted by atomic mass is 9.84. The van der Waals surface area contributed by atoms with Gasteiger partial charge < -0.3 is 4.90 Å². The Morgan fingerprint density at radius 3 is 2.47 bits per heavy atom. The van der Waals surface area contributed by atoms with Crippen molar-refractivity contribution < 1.29 is 9.18 Å². The minimum Gasteiger partial charge on any atom is -0.337 e. The molecular formula is C24H23FN4O. The van der Waals surface area contributed by atoms with Crippen molar-refractivity contribution in [2.75, 3.05) is 13.1 Å². The Morgan fingerprint density at radius 2 is 1.73 bits per heavy atom. The SMILES string of the molecule is O=C(c1ccc(F)cn1)N1CCC2NNC(c3ccc(-c4ccccc4)cc3)C2C1. The fraction of sp³-hybridized carbons (Fsp3) is 0.250. The van der Waals surface area contributed by atoms with Gasteiger partial charge in [0, 0.05) is 25.0 Å². The third-order valence-electron chi connectivity index (χ3n) is 6.12. The van der Waals surface area contributed by atoms with Crippen molar-refractivity contribution in [3.8, 4) is 11.1 Å². The maximum absolute atomic E-state index is 13.1. The van der Waals surface area contributed by atoms with Crippen LogP contribution in [0.2, 0.25) is 0 Å². The summed E-state index contributed by atoms with van der Waals surface area (Å²) in [5.41, 5.74) is 10.7. The van der Waals surface area contributed by atoms with E-state index in [-0.39, 0.29) is 23.6 Å². The second-order valence-corrected chi connectivity index (χ2v) is 7.93. The van der Waals surface area contributed by atoms with E-state index in [4.69, 9.17) is 0 Å². The fourth-order valence-electron chi connectivity index (χ4n) is 4.50. The third-order valence-corrected chi connectivity index (χ3v) is 6.12. The van der Waals surface area contributed by atoms with Gasteiger partial charge in [-0.25, -0.2) is 14.8 Å². The van der Waals surface area contributed by atoms with Crippen molar-refractivity contribution in [1.82, 2.24) is 20.7 Å². The van der Waals surface area contributed by atoms with Gasteiger partial charge in [0.2, 0.25) is 0 Å². The van der Waals surface area contributed by atoms with E-state index < -0.39 is 5.82 Å². The zero-order valence-electron chi connectivity index (χ0n) is 16.5. The number of hydrazine groups is 1. The number of hydrogen-bond acceptors (Lipinski definition) is 4. The van der Waals surface area contributed by atoms with Crippen LogP contribution in [-0.2, 0) is 0 Å². The molecule has 2 N–H and O–H groups in total. The Morgan fingerprint density at radius 1 is 0.967 bits per heavy atom. The highest BCUT2D eigenvalue weighted by atomic mass is 19.1. The molecule has 0 radical (unpaired) electrons. The molecule has 3 heterocycles. The molecule has 3 aromatic rings. The van der Waals surface area contributed by atoms with Crippen LogP contribution in [-0.4, -0.2) is 34.9 Å². The van der Waals surface area contributed by atoms with Crippen LogP contribution in [0.5, 0.6) is 0 Å². The molecule has 6 heteroatoms. The van der Waals surface area contributed by atoms with Crippen molar-refractivity contribution >= 4 is 5.91 Å². The van der Waals surface area contributed by atoms with Crippen LogP contribution in [0.1, 0.15) is 28.5 Å². The van der Waals surface area contributed by atoms with Gasteiger partial charge in [-0.15, -0.1) is 0 Å². The molecule has 5 nitrogen and oxygen atoms in total. The van der Waals surface area contributed by atoms with Crippen molar-refractivity contribution in [2.45, 2.75) is 18.5 Å². The van der Waals surface area contributed by atoms with E-state index in [1.807, 2.05) is 23.1 Å². The highest BCUT2D eigenvalue weighted by molar-refractivity contribution is 5.92. The molecule has 0 saturated carbocycles. The summed E-state index contributed by atoms with van der Waals surface area (Å²) >= 11 is 0. The van der Waals surface area contributed by atoms with Gasteiger partial charge in [-0.1, -0.05) is 54.6 Å². The van der Waals surface area contributed by atoms with Gasteiger partial charge >= 0.3 is 0 Å². The molecule has 3 unspecified atom stereocenters. The number of rotatable bonds is 3. The monoisotopic (exact) mass is 402 g/mol. The zero-order chi connectivity index (χ0) is 20.5. The number of halogens is 1. The van der Waals surface area contributed by atoms with Gasteiger partial charge in [0.15, 0.2) is 0 Å². The van der Waals surface area contributed by atoms with Crippen molar-refractivity contribution in [1.29, 1.82) is 0 Å². The predicted molar refractivity (Wildman–Crippen MR) is 113 cm³/mol. The van der Waals surface area contributed by atoms with Gasteiger partial charge in [-0.3, -0.25) is 10.2 Å². The molecule has 152 valence electrons. The minimum atomic E-state index is -0.437. The smallest absolute Gasteiger partial charge is 0.272 e. The van der Waals surface area contributed by atoms with Gasteiger partial charge in [0.25, 0.3) is 5.91 Å². The van der Waals surface area contributed by atoms with E-state index in [1.165, 1.54) is 28.8 Å². The first-order valence-electron chi connectivity index (χ1n) is 10.3. The number of likely N-dealkylation sites (tertiary alicyclic amines) is 1. The van der Waals surface area contributed by atoms with E-state index in [0.717, 1.165) is 12.6 Å². The van der Waals surface area contributed by atoms with E-state index in [1.54, 1.807) is 0 Å². The normalized spacial score (nSPS) is 23.2. The summed E-state index contributed by atoms with van der Waals surface area (Å²) in [6, 6.07) is 22.1. The van der Waals surface area contributed by atoms with E-state index in [2.05, 4.69) is 52.2 Å². The van der Waals surface area contributed by atoms with E-state index in [9.17, 15) is 9.18 Å². The predicted octanol–water partition coefficient (Wildman–Crippen LogP) is 3.57. The Labute approximate surface area is 174 Å². The summed E-state index contributed by atoms with van der Waals surface area (Å²) in [5.74, 6) is -0.322. The van der Waals surface area contributed by atoms with Gasteiger partial charge in [0.05, 0.1) is 12.2 Å². The molecule has 2 aliphatic heterocycles. The Hall–Kier alpha value is -3.09. The summed E-state index contributed by atoms with van der Waals surface area (Å²) < 4.78 is 13.1. The number of fused-ring (bicyclic) bond motifs is 1. The maximum Gasteiger partial charge on any atom is 0.272 e. The van der Waals surface area contributed by atoms with Crippen LogP contribution in [0.4, 0.5) is 4.39 Å². The number of benzene rings is 2. The summed E-state index contributed by atoms with van der Waals surface area (Å²) in [7, 11) is 0. The number of aromatic nitrogens is 1. The number of amides is 1. The molecule has 1 amide bonds. The largest absolute Gasteiger partial charge is 0.337 e. The van der Waals surface area contributed by atoms with Crippen molar-refractivity contribution in [3.63, 3.8) is 0 Å². The lowest BCUT2D eigenvalue weighted by Gasteiger charge is -2.36. The van der Waals surface area contributed by atoms with Crippen LogP contribution in [0.3, 0.4) is 0 Å². The minimum absolute atomic E-state index is 0.122. The highest BCUT2D eigenvalue weighted by Gasteiger charge is 2.41. The van der Waals surface area contributed by atoms with Crippen molar-refractivity contribution in [3.05, 3.63) is 90.0 Å². The van der Waals surface area contributed by atoms with Gasteiger partial charge in [-0.2, -0.15) is 0 Å². The topological polar surface area (TPSA) is 57.3 Å². The first kappa shape index (κ1) is 18.9. The lowest BCUT2D eigenvalue weighted by molar-refractivity contribution is 0.0646. The molecule has 2 fully saturated rings. The maximum atomic E-state index is 13.1. The van der Waals surface area contributed by atoms with E-state index >= 15 is 0 Å². The highest BCUT2D eigenvalue weighted by Crippen LogP contribution is 2.35. The molecule has 0 bridgehead atoms. The molecule has 3 atom stereocenters. The van der Waals surface area contributed by atoms with Crippen LogP contribution in [0.25, 0.3) is 11.1 Å². The number of hydrogen-bond donors (Lipinski definition) is 2. The zero-order valence-corrected chi connectivity index (χ0v) is 16.5. The molecule has 0 spiro atoms. The van der Waals surface area contributed by atoms with E-state index in [0.29, 0.717) is 19.1 Å². The van der Waals surface area contributed by atoms with Crippen LogP contribution < -0.4 is 10.9 Å². The number of piperidine rings is 1. The molecule has 2 aliphatic rings. The first-order chi connectivity index (χ1) is 14.7. The number of carbonyl (C=O) groups excluding carboxylic acids is 1. The van der Waals surface area contributed by atoms with Crippen LogP contribution >= 0.6 is 0 Å². The third kappa shape index (κ3) is 3.60. The molecule has 1 aromatic heterocycles. The number of nitrogens with zero attached hydrogens (tertiary/aromatic N) is 2. The average Bonchev–Trinajstić information content (AvgIpc) is 3.23. The van der Waals surface area contributed by atoms with Crippen LogP contribution in [0.15, 0.2) is 72.9 Å². The Kier molecular flexibility index (Phi) is 5.02. The summed E-state index contributed by atoms with van der Waals surface area (Å²) in [6.07, 6.45) is 1.96. The molecule has 30 heavy (non-hydrogen) atoms. The summed E-state index contributed by atoms with van der Waals surface area (Å²) in [4.78, 5) is 18.6. The second-order valence-electron chi connectivity index (χ2n) is 7.93. The van der Waals surface area contributed by atoms with Gasteiger partial charge in [0.1, 0.15) is 11.5 Å². The standard InChI is InChI=1S/C24H23FN4O/c25-19-10-11-22(26-14-19)24(30)29-13-12-21-20(15-29)23(28-27-21)18-8-6-17(7-9-18)16-4-2-1-3-5-16/h1-11,14,20-21,23,27-28H,12-13,15H2. The molecule has 0 aliphatic carbocycles. The molecule has 5 rings (SSSR count). The Balaban J connectivity index is 1.33. The van der Waals surface area contributed by atoms with Crippen LogP contribution in [0, 0.1) is 11.7 Å². The molecule has 2 saturated heterocycles. The fourth-order valence-corrected chi connectivity index (χ4v) is 4.50.